The number of halogens is 2. The molecular formula is C19H26Cl2N4O. The number of hydrogen-bond acceptors (Lipinski definition) is 4. The highest BCUT2D eigenvalue weighted by molar-refractivity contribution is 6.06. The van der Waals surface area contributed by atoms with Crippen LogP contribution < -0.4 is 16.4 Å². The number of nitrogen functional groups attached to an aromatic ring is 1. The zero-order valence-corrected chi connectivity index (χ0v) is 16.4. The number of carbonyl (C=O) groups excluding carboxylic acids is 1. The fraction of sp³-hybridized carbons (Fsp3) is 0.316. The molecule has 3 rings (SSSR count). The lowest BCUT2D eigenvalue weighted by atomic mass is 10.0. The predicted molar refractivity (Wildman–Crippen MR) is 114 cm³/mol. The molecule has 0 aromatic heterocycles. The summed E-state index contributed by atoms with van der Waals surface area (Å²) in [5.41, 5.74) is 8.66. The Morgan fingerprint density at radius 1 is 1.04 bits per heavy atom. The number of nitrogens with one attached hydrogen (secondary N) is 2. The Balaban J connectivity index is 0.00000169. The summed E-state index contributed by atoms with van der Waals surface area (Å²) >= 11 is 0. The number of rotatable bonds is 4. The molecule has 0 atom stereocenters. The average molecular weight is 397 g/mol. The molecular weight excluding hydrogens is 371 g/mol. The highest BCUT2D eigenvalue weighted by Gasteiger charge is 2.18. The quantitative estimate of drug-likeness (QED) is 0.685. The highest BCUT2D eigenvalue weighted by Crippen LogP contribution is 2.25. The highest BCUT2D eigenvalue weighted by atomic mass is 35.5. The van der Waals surface area contributed by atoms with E-state index in [1.54, 1.807) is 24.3 Å². The van der Waals surface area contributed by atoms with Crippen LogP contribution >= 0.6 is 24.8 Å². The smallest absolute Gasteiger partial charge is 0.255 e. The first-order valence-corrected chi connectivity index (χ1v) is 8.33. The van der Waals surface area contributed by atoms with Gasteiger partial charge in [-0.3, -0.25) is 4.79 Å². The number of carbonyl (C=O) groups is 1. The third kappa shape index (κ3) is 5.80. The van der Waals surface area contributed by atoms with Crippen molar-refractivity contribution in [1.29, 1.82) is 0 Å². The minimum atomic E-state index is -0.153. The van der Waals surface area contributed by atoms with Gasteiger partial charge < -0.3 is 21.3 Å². The normalized spacial score (nSPS) is 14.7. The molecule has 4 N–H and O–H groups in total. The van der Waals surface area contributed by atoms with Crippen molar-refractivity contribution in [1.82, 2.24) is 4.90 Å². The molecule has 1 aliphatic heterocycles. The molecule has 1 heterocycles. The van der Waals surface area contributed by atoms with Crippen LogP contribution in [-0.4, -0.2) is 37.0 Å². The van der Waals surface area contributed by atoms with Gasteiger partial charge in [0.25, 0.3) is 5.91 Å². The van der Waals surface area contributed by atoms with E-state index in [4.69, 9.17) is 5.73 Å². The number of para-hydroxylation sites is 2. The molecule has 0 aliphatic carbocycles. The maximum atomic E-state index is 12.5. The standard InChI is InChI=1S/C19H24N4O.2ClH/c1-23-11-9-16(10-12-23)21-17-7-2-3-8-18(17)22-19(24)14-5-4-6-15(20)13-14;;/h2-8,13,16,21H,9-12,20H2,1H3,(H,22,24);2*1H. The molecule has 0 radical (unpaired) electrons. The molecule has 2 aromatic rings. The third-order valence-corrected chi connectivity index (χ3v) is 4.40. The van der Waals surface area contributed by atoms with Crippen molar-refractivity contribution in [3.8, 4) is 0 Å². The molecule has 0 saturated carbocycles. The lowest BCUT2D eigenvalue weighted by molar-refractivity contribution is 0.102. The van der Waals surface area contributed by atoms with Crippen molar-refractivity contribution in [2.24, 2.45) is 0 Å². The lowest BCUT2D eigenvalue weighted by Gasteiger charge is -2.30. The van der Waals surface area contributed by atoms with Crippen LogP contribution in [0.15, 0.2) is 48.5 Å². The topological polar surface area (TPSA) is 70.4 Å². The Kier molecular flexibility index (Phi) is 8.72. The number of anilines is 3. The van der Waals surface area contributed by atoms with Gasteiger partial charge in [0.1, 0.15) is 0 Å². The lowest BCUT2D eigenvalue weighted by Crippen LogP contribution is -2.36. The Bertz CT molecular complexity index is 718. The van der Waals surface area contributed by atoms with E-state index >= 15 is 0 Å². The van der Waals surface area contributed by atoms with Gasteiger partial charge in [-0.25, -0.2) is 0 Å². The van der Waals surface area contributed by atoms with E-state index in [-0.39, 0.29) is 30.7 Å². The molecule has 7 heteroatoms. The van der Waals surface area contributed by atoms with Crippen LogP contribution in [0.5, 0.6) is 0 Å². The van der Waals surface area contributed by atoms with Crippen molar-refractivity contribution in [3.63, 3.8) is 0 Å². The molecule has 0 unspecified atom stereocenters. The summed E-state index contributed by atoms with van der Waals surface area (Å²) in [7, 11) is 2.15. The van der Waals surface area contributed by atoms with E-state index in [9.17, 15) is 4.79 Å². The van der Waals surface area contributed by atoms with Crippen LogP contribution in [0.2, 0.25) is 0 Å². The van der Waals surface area contributed by atoms with Crippen molar-refractivity contribution in [2.45, 2.75) is 18.9 Å². The molecule has 26 heavy (non-hydrogen) atoms. The minimum absolute atomic E-state index is 0. The van der Waals surface area contributed by atoms with Crippen molar-refractivity contribution < 1.29 is 4.79 Å². The number of hydrogen-bond donors (Lipinski definition) is 3. The summed E-state index contributed by atoms with van der Waals surface area (Å²) in [6.45, 7) is 2.19. The van der Waals surface area contributed by atoms with Crippen LogP contribution in [-0.2, 0) is 0 Å². The predicted octanol–water partition coefficient (Wildman–Crippen LogP) is 3.87. The summed E-state index contributed by atoms with van der Waals surface area (Å²) < 4.78 is 0. The summed E-state index contributed by atoms with van der Waals surface area (Å²) in [5, 5.41) is 6.56. The minimum Gasteiger partial charge on any atom is -0.399 e. The van der Waals surface area contributed by atoms with Gasteiger partial charge in [-0.15, -0.1) is 24.8 Å². The zero-order valence-electron chi connectivity index (χ0n) is 14.8. The summed E-state index contributed by atoms with van der Waals surface area (Å²) in [5.74, 6) is -0.153. The summed E-state index contributed by atoms with van der Waals surface area (Å²) in [6.07, 6.45) is 2.21. The van der Waals surface area contributed by atoms with Gasteiger partial charge in [-0.1, -0.05) is 18.2 Å². The number of nitrogens with zero attached hydrogens (tertiary/aromatic N) is 1. The van der Waals surface area contributed by atoms with E-state index in [0.717, 1.165) is 37.3 Å². The molecule has 5 nitrogen and oxygen atoms in total. The second kappa shape index (κ2) is 10.3. The van der Waals surface area contributed by atoms with Crippen LogP contribution in [0.3, 0.4) is 0 Å². The molecule has 1 amide bonds. The SMILES string of the molecule is CN1CCC(Nc2ccccc2NC(=O)c2cccc(N)c2)CC1.Cl.Cl. The van der Waals surface area contributed by atoms with E-state index < -0.39 is 0 Å². The first-order chi connectivity index (χ1) is 11.6. The molecule has 0 bridgehead atoms. The zero-order chi connectivity index (χ0) is 16.9. The molecule has 1 fully saturated rings. The molecule has 142 valence electrons. The van der Waals surface area contributed by atoms with E-state index in [1.807, 2.05) is 24.3 Å². The van der Waals surface area contributed by atoms with Crippen molar-refractivity contribution in [2.75, 3.05) is 36.5 Å². The van der Waals surface area contributed by atoms with Gasteiger partial charge in [0, 0.05) is 17.3 Å². The van der Waals surface area contributed by atoms with Gasteiger partial charge >= 0.3 is 0 Å². The monoisotopic (exact) mass is 396 g/mol. The van der Waals surface area contributed by atoms with Crippen LogP contribution in [0.25, 0.3) is 0 Å². The van der Waals surface area contributed by atoms with E-state index in [0.29, 0.717) is 17.3 Å². The molecule has 1 aliphatic rings. The number of likely N-dealkylation sites (tertiary alicyclic amines) is 1. The number of amides is 1. The van der Waals surface area contributed by atoms with Crippen LogP contribution in [0.4, 0.5) is 17.1 Å². The molecule has 1 saturated heterocycles. The maximum Gasteiger partial charge on any atom is 0.255 e. The largest absolute Gasteiger partial charge is 0.399 e. The van der Waals surface area contributed by atoms with Gasteiger partial charge in [-0.2, -0.15) is 0 Å². The summed E-state index contributed by atoms with van der Waals surface area (Å²) in [6, 6.07) is 15.3. The van der Waals surface area contributed by atoms with Gasteiger partial charge in [0.05, 0.1) is 11.4 Å². The van der Waals surface area contributed by atoms with E-state index in [1.165, 1.54) is 0 Å². The van der Waals surface area contributed by atoms with Gasteiger partial charge in [0.2, 0.25) is 0 Å². The van der Waals surface area contributed by atoms with Crippen LogP contribution in [0, 0.1) is 0 Å². The number of benzene rings is 2. The number of piperidine rings is 1. The molecule has 0 spiro atoms. The van der Waals surface area contributed by atoms with Crippen LogP contribution in [0.1, 0.15) is 23.2 Å². The van der Waals surface area contributed by atoms with Gasteiger partial charge in [0.15, 0.2) is 0 Å². The third-order valence-electron chi connectivity index (χ3n) is 4.40. The Morgan fingerprint density at radius 2 is 1.69 bits per heavy atom. The van der Waals surface area contributed by atoms with Gasteiger partial charge in [-0.05, 0) is 63.3 Å². The maximum absolute atomic E-state index is 12.5. The Labute approximate surface area is 167 Å². The molecule has 2 aromatic carbocycles. The number of nitrogens with two attached hydrogens (primary N) is 1. The Hall–Kier alpha value is -1.95. The Morgan fingerprint density at radius 3 is 2.35 bits per heavy atom. The average Bonchev–Trinajstić information content (AvgIpc) is 2.58. The fourth-order valence-corrected chi connectivity index (χ4v) is 2.97. The first-order valence-electron chi connectivity index (χ1n) is 8.33. The van der Waals surface area contributed by atoms with Crippen molar-refractivity contribution >= 4 is 47.8 Å². The fourth-order valence-electron chi connectivity index (χ4n) is 2.97. The first kappa shape index (κ1) is 22.1. The summed E-state index contributed by atoms with van der Waals surface area (Å²) in [4.78, 5) is 14.8. The second-order valence-electron chi connectivity index (χ2n) is 6.35. The van der Waals surface area contributed by atoms with Crippen molar-refractivity contribution in [3.05, 3.63) is 54.1 Å². The second-order valence-corrected chi connectivity index (χ2v) is 6.35. The van der Waals surface area contributed by atoms with E-state index in [2.05, 4.69) is 22.6 Å².